The molecule has 88 valence electrons. The summed E-state index contributed by atoms with van der Waals surface area (Å²) in [6.07, 6.45) is 0.194. The lowest BCUT2D eigenvalue weighted by molar-refractivity contribution is -0.140. The SMILES string of the molecule is C[C@@H]1COC[C@@H](COc2ccc(Br)cc2)O1. The van der Waals surface area contributed by atoms with Crippen LogP contribution in [0.3, 0.4) is 0 Å². The zero-order valence-corrected chi connectivity index (χ0v) is 10.8. The van der Waals surface area contributed by atoms with Gasteiger partial charge >= 0.3 is 0 Å². The fourth-order valence-corrected chi connectivity index (χ4v) is 1.84. The van der Waals surface area contributed by atoms with E-state index in [1.165, 1.54) is 0 Å². The van der Waals surface area contributed by atoms with Crippen molar-refractivity contribution in [3.8, 4) is 5.75 Å². The van der Waals surface area contributed by atoms with Gasteiger partial charge in [-0.2, -0.15) is 0 Å². The molecule has 0 unspecified atom stereocenters. The largest absolute Gasteiger partial charge is 0.491 e. The summed E-state index contributed by atoms with van der Waals surface area (Å²) in [5.41, 5.74) is 0. The Bertz CT molecular complexity index is 326. The molecule has 0 bridgehead atoms. The topological polar surface area (TPSA) is 27.7 Å². The van der Waals surface area contributed by atoms with Gasteiger partial charge in [0.25, 0.3) is 0 Å². The van der Waals surface area contributed by atoms with Gasteiger partial charge in [-0.05, 0) is 31.2 Å². The average molecular weight is 287 g/mol. The molecule has 1 aromatic rings. The van der Waals surface area contributed by atoms with Crippen molar-refractivity contribution in [2.75, 3.05) is 19.8 Å². The molecule has 0 saturated carbocycles. The van der Waals surface area contributed by atoms with Gasteiger partial charge < -0.3 is 14.2 Å². The van der Waals surface area contributed by atoms with Crippen LogP contribution >= 0.6 is 15.9 Å². The minimum Gasteiger partial charge on any atom is -0.491 e. The van der Waals surface area contributed by atoms with E-state index in [2.05, 4.69) is 15.9 Å². The van der Waals surface area contributed by atoms with E-state index in [4.69, 9.17) is 14.2 Å². The number of rotatable bonds is 3. The van der Waals surface area contributed by atoms with Crippen molar-refractivity contribution in [3.63, 3.8) is 0 Å². The van der Waals surface area contributed by atoms with Crippen molar-refractivity contribution in [1.82, 2.24) is 0 Å². The standard InChI is InChI=1S/C12H15BrO3/c1-9-6-14-7-12(16-9)8-15-11-4-2-10(13)3-5-11/h2-5,9,12H,6-8H2,1H3/t9-,12+/m1/s1. The van der Waals surface area contributed by atoms with E-state index < -0.39 is 0 Å². The zero-order chi connectivity index (χ0) is 11.4. The van der Waals surface area contributed by atoms with Crippen LogP contribution in [0.25, 0.3) is 0 Å². The lowest BCUT2D eigenvalue weighted by atomic mass is 10.3. The number of benzene rings is 1. The molecule has 3 nitrogen and oxygen atoms in total. The van der Waals surface area contributed by atoms with Gasteiger partial charge in [0, 0.05) is 4.47 Å². The molecule has 0 aromatic heterocycles. The minimum absolute atomic E-state index is 0.0346. The van der Waals surface area contributed by atoms with Gasteiger partial charge in [-0.15, -0.1) is 0 Å². The Hall–Kier alpha value is -0.580. The van der Waals surface area contributed by atoms with Crippen LogP contribution in [-0.2, 0) is 9.47 Å². The van der Waals surface area contributed by atoms with Crippen LogP contribution in [0, 0.1) is 0 Å². The van der Waals surface area contributed by atoms with E-state index >= 15 is 0 Å². The molecule has 1 aliphatic heterocycles. The highest BCUT2D eigenvalue weighted by Gasteiger charge is 2.20. The molecule has 1 heterocycles. The van der Waals surface area contributed by atoms with E-state index in [9.17, 15) is 0 Å². The third-order valence-electron chi connectivity index (χ3n) is 2.33. The van der Waals surface area contributed by atoms with Crippen molar-refractivity contribution < 1.29 is 14.2 Å². The Morgan fingerprint density at radius 3 is 2.75 bits per heavy atom. The number of halogens is 1. The molecular weight excluding hydrogens is 272 g/mol. The third kappa shape index (κ3) is 3.47. The Balaban J connectivity index is 1.80. The maximum absolute atomic E-state index is 5.67. The Labute approximate surface area is 104 Å². The maximum atomic E-state index is 5.67. The van der Waals surface area contributed by atoms with Gasteiger partial charge in [-0.1, -0.05) is 15.9 Å². The summed E-state index contributed by atoms with van der Waals surface area (Å²) in [6, 6.07) is 7.76. The first-order valence-corrected chi connectivity index (χ1v) is 6.15. The second kappa shape index (κ2) is 5.66. The van der Waals surface area contributed by atoms with Crippen molar-refractivity contribution in [2.45, 2.75) is 19.1 Å². The van der Waals surface area contributed by atoms with Crippen molar-refractivity contribution in [3.05, 3.63) is 28.7 Å². The fourth-order valence-electron chi connectivity index (χ4n) is 1.58. The van der Waals surface area contributed by atoms with Crippen LogP contribution in [-0.4, -0.2) is 32.0 Å². The van der Waals surface area contributed by atoms with Crippen LogP contribution in [0.2, 0.25) is 0 Å². The first-order chi connectivity index (χ1) is 7.74. The van der Waals surface area contributed by atoms with E-state index in [1.807, 2.05) is 31.2 Å². The normalized spacial score (nSPS) is 25.4. The first-order valence-electron chi connectivity index (χ1n) is 5.35. The van der Waals surface area contributed by atoms with E-state index in [0.29, 0.717) is 19.8 Å². The molecule has 1 fully saturated rings. The molecule has 4 heteroatoms. The Kier molecular flexibility index (Phi) is 4.21. The summed E-state index contributed by atoms with van der Waals surface area (Å²) in [5.74, 6) is 0.852. The second-order valence-corrected chi connectivity index (χ2v) is 4.79. The molecule has 1 aliphatic rings. The summed E-state index contributed by atoms with van der Waals surface area (Å²) in [7, 11) is 0. The molecular formula is C12H15BrO3. The summed E-state index contributed by atoms with van der Waals surface area (Å²) in [4.78, 5) is 0. The average Bonchev–Trinajstić information content (AvgIpc) is 2.28. The monoisotopic (exact) mass is 286 g/mol. The third-order valence-corrected chi connectivity index (χ3v) is 2.86. The highest BCUT2D eigenvalue weighted by atomic mass is 79.9. The molecule has 0 aliphatic carbocycles. The summed E-state index contributed by atoms with van der Waals surface area (Å²) >= 11 is 3.38. The van der Waals surface area contributed by atoms with Crippen molar-refractivity contribution >= 4 is 15.9 Å². The van der Waals surface area contributed by atoms with Crippen LogP contribution < -0.4 is 4.74 Å². The molecule has 0 spiro atoms. The summed E-state index contributed by atoms with van der Waals surface area (Å²) in [5, 5.41) is 0. The molecule has 1 aromatic carbocycles. The lowest BCUT2D eigenvalue weighted by Gasteiger charge is -2.27. The molecule has 1 saturated heterocycles. The van der Waals surface area contributed by atoms with Crippen molar-refractivity contribution in [2.24, 2.45) is 0 Å². The predicted molar refractivity (Wildman–Crippen MR) is 64.8 cm³/mol. The number of ether oxygens (including phenoxy) is 3. The highest BCUT2D eigenvalue weighted by Crippen LogP contribution is 2.17. The van der Waals surface area contributed by atoms with Gasteiger partial charge in [0.2, 0.25) is 0 Å². The van der Waals surface area contributed by atoms with Gasteiger partial charge in [0.1, 0.15) is 18.5 Å². The van der Waals surface area contributed by atoms with Crippen LogP contribution in [0.4, 0.5) is 0 Å². The van der Waals surface area contributed by atoms with E-state index in [1.54, 1.807) is 0 Å². The number of hydrogen-bond donors (Lipinski definition) is 0. The van der Waals surface area contributed by atoms with Crippen LogP contribution in [0.15, 0.2) is 28.7 Å². The summed E-state index contributed by atoms with van der Waals surface area (Å²) < 4.78 is 17.7. The van der Waals surface area contributed by atoms with Gasteiger partial charge in [0.15, 0.2) is 0 Å². The molecule has 2 atom stereocenters. The van der Waals surface area contributed by atoms with Crippen LogP contribution in [0.1, 0.15) is 6.92 Å². The molecule has 0 radical (unpaired) electrons. The van der Waals surface area contributed by atoms with Gasteiger partial charge in [-0.3, -0.25) is 0 Å². The Morgan fingerprint density at radius 2 is 2.06 bits per heavy atom. The second-order valence-electron chi connectivity index (χ2n) is 3.87. The first kappa shape index (κ1) is 11.9. The van der Waals surface area contributed by atoms with Gasteiger partial charge in [-0.25, -0.2) is 0 Å². The lowest BCUT2D eigenvalue weighted by Crippen LogP contribution is -2.38. The fraction of sp³-hybridized carbons (Fsp3) is 0.500. The minimum atomic E-state index is 0.0346. The van der Waals surface area contributed by atoms with E-state index in [0.717, 1.165) is 10.2 Å². The smallest absolute Gasteiger partial charge is 0.119 e. The maximum Gasteiger partial charge on any atom is 0.119 e. The van der Waals surface area contributed by atoms with Crippen molar-refractivity contribution in [1.29, 1.82) is 0 Å². The highest BCUT2D eigenvalue weighted by molar-refractivity contribution is 9.10. The number of hydrogen-bond acceptors (Lipinski definition) is 3. The molecule has 0 amide bonds. The Morgan fingerprint density at radius 1 is 1.31 bits per heavy atom. The predicted octanol–water partition coefficient (Wildman–Crippen LogP) is 2.63. The molecule has 16 heavy (non-hydrogen) atoms. The van der Waals surface area contributed by atoms with Crippen LogP contribution in [0.5, 0.6) is 5.75 Å². The zero-order valence-electron chi connectivity index (χ0n) is 9.19. The van der Waals surface area contributed by atoms with Gasteiger partial charge in [0.05, 0.1) is 19.3 Å². The van der Waals surface area contributed by atoms with E-state index in [-0.39, 0.29) is 12.2 Å². The molecule has 0 N–H and O–H groups in total. The summed E-state index contributed by atoms with van der Waals surface area (Å²) in [6.45, 7) is 3.83. The molecule has 2 rings (SSSR count). The quantitative estimate of drug-likeness (QED) is 0.855.